The molecule has 2 N–H and O–H groups in total. The summed E-state index contributed by atoms with van der Waals surface area (Å²) in [5.74, 6) is -2.06. The fourth-order valence-electron chi connectivity index (χ4n) is 0.965. The van der Waals surface area contributed by atoms with Crippen LogP contribution >= 0.6 is 0 Å². The fourth-order valence-corrected chi connectivity index (χ4v) is 0.965. The zero-order valence-electron chi connectivity index (χ0n) is 8.12. The fraction of sp³-hybridized carbons (Fsp3) is 0.222. The lowest BCUT2D eigenvalue weighted by molar-refractivity contribution is -0.171. The minimum atomic E-state index is -1.03. The zero-order valence-corrected chi connectivity index (χ0v) is 8.12. The lowest BCUT2D eigenvalue weighted by atomic mass is 10.4. The van der Waals surface area contributed by atoms with E-state index in [1.54, 1.807) is 0 Å². The van der Waals surface area contributed by atoms with Gasteiger partial charge in [0.25, 0.3) is 11.8 Å². The van der Waals surface area contributed by atoms with Crippen molar-refractivity contribution in [2.24, 2.45) is 0 Å². The van der Waals surface area contributed by atoms with Crippen molar-refractivity contribution in [1.29, 1.82) is 0 Å². The van der Waals surface area contributed by atoms with E-state index >= 15 is 0 Å². The zero-order chi connectivity index (χ0) is 12.1. The molecule has 0 radical (unpaired) electrons. The summed E-state index contributed by atoms with van der Waals surface area (Å²) in [6.07, 6.45) is 1.62. The number of furan rings is 1. The predicted molar refractivity (Wildman–Crippen MR) is 48.5 cm³/mol. The number of nitrogens with zero attached hydrogens (tertiary/aromatic N) is 1. The van der Waals surface area contributed by atoms with E-state index in [4.69, 9.17) is 10.3 Å². The Bertz CT molecular complexity index is 380. The summed E-state index contributed by atoms with van der Waals surface area (Å²) in [4.78, 5) is 30.4. The summed E-state index contributed by atoms with van der Waals surface area (Å²) >= 11 is 0. The van der Waals surface area contributed by atoms with Gasteiger partial charge in [-0.25, -0.2) is 4.79 Å². The highest BCUT2D eigenvalue weighted by Gasteiger charge is 2.26. The summed E-state index contributed by atoms with van der Waals surface area (Å²) in [5.41, 5.74) is 0. The Labute approximate surface area is 89.8 Å². The molecular formula is C9H9NO6. The van der Waals surface area contributed by atoms with E-state index in [-0.39, 0.29) is 23.7 Å². The molecule has 0 aliphatic carbocycles. The van der Waals surface area contributed by atoms with E-state index in [1.807, 2.05) is 0 Å². The van der Waals surface area contributed by atoms with Crippen molar-refractivity contribution in [3.05, 3.63) is 24.2 Å². The van der Waals surface area contributed by atoms with Crippen LogP contribution in [0.1, 0.15) is 23.4 Å². The third-order valence-corrected chi connectivity index (χ3v) is 1.76. The first kappa shape index (κ1) is 11.9. The van der Waals surface area contributed by atoms with Gasteiger partial charge >= 0.3 is 5.97 Å². The van der Waals surface area contributed by atoms with Gasteiger partial charge in [-0.2, -0.15) is 5.06 Å². The highest BCUT2D eigenvalue weighted by atomic mass is 16.5. The van der Waals surface area contributed by atoms with Crippen LogP contribution in [0.5, 0.6) is 0 Å². The Hall–Kier alpha value is -2.15. The van der Waals surface area contributed by atoms with Crippen LogP contribution in [0, 0.1) is 0 Å². The summed E-state index contributed by atoms with van der Waals surface area (Å²) in [6, 6.07) is 2.92. The number of hydrogen-bond donors (Lipinski definition) is 2. The quantitative estimate of drug-likeness (QED) is 0.534. The second kappa shape index (κ2) is 5.08. The van der Waals surface area contributed by atoms with Crippen molar-refractivity contribution in [3.8, 4) is 0 Å². The third kappa shape index (κ3) is 2.92. The van der Waals surface area contributed by atoms with Crippen LogP contribution in [0.15, 0.2) is 22.8 Å². The molecular weight excluding hydrogens is 218 g/mol. The average molecular weight is 227 g/mol. The molecule has 2 rings (SSSR count). The smallest absolute Gasteiger partial charge is 0.371 e. The van der Waals surface area contributed by atoms with E-state index in [9.17, 15) is 14.4 Å². The van der Waals surface area contributed by atoms with Crippen LogP contribution < -0.4 is 0 Å². The minimum absolute atomic E-state index is 0.0231. The largest absolute Gasteiger partial charge is 0.475 e. The number of rotatable bonds is 1. The molecule has 1 aliphatic rings. The molecule has 0 saturated carbocycles. The molecule has 1 saturated heterocycles. The number of hydroxylamine groups is 2. The summed E-state index contributed by atoms with van der Waals surface area (Å²) < 4.78 is 4.50. The van der Waals surface area contributed by atoms with Crippen LogP contribution in [0.2, 0.25) is 0 Å². The normalized spacial score (nSPS) is 14.7. The van der Waals surface area contributed by atoms with E-state index in [0.29, 0.717) is 0 Å². The molecule has 7 nitrogen and oxygen atoms in total. The van der Waals surface area contributed by atoms with Gasteiger partial charge in [0.1, 0.15) is 0 Å². The maximum absolute atomic E-state index is 10.2. The van der Waals surface area contributed by atoms with Crippen LogP contribution in [0.25, 0.3) is 0 Å². The van der Waals surface area contributed by atoms with E-state index in [1.165, 1.54) is 18.4 Å². The highest BCUT2D eigenvalue weighted by molar-refractivity contribution is 6.00. The van der Waals surface area contributed by atoms with Gasteiger partial charge in [0.15, 0.2) is 0 Å². The molecule has 7 heteroatoms. The van der Waals surface area contributed by atoms with Crippen LogP contribution in [0.4, 0.5) is 0 Å². The van der Waals surface area contributed by atoms with Crippen LogP contribution in [0.3, 0.4) is 0 Å². The number of carboxylic acid groups (broad SMARTS) is 1. The summed E-state index contributed by atoms with van der Waals surface area (Å²) in [7, 11) is 0. The molecule has 1 aliphatic heterocycles. The maximum Gasteiger partial charge on any atom is 0.371 e. The number of amides is 2. The molecule has 16 heavy (non-hydrogen) atoms. The van der Waals surface area contributed by atoms with Crippen molar-refractivity contribution in [3.63, 3.8) is 0 Å². The van der Waals surface area contributed by atoms with E-state index < -0.39 is 17.8 Å². The van der Waals surface area contributed by atoms with Gasteiger partial charge in [-0.15, -0.1) is 0 Å². The number of imide groups is 1. The molecule has 1 aromatic heterocycles. The molecule has 1 aromatic rings. The molecule has 1 fully saturated rings. The number of carbonyl (C=O) groups excluding carboxylic acids is 2. The molecule has 2 heterocycles. The SMILES string of the molecule is O=C(O)c1ccco1.O=C1CCC(=O)N1O. The van der Waals surface area contributed by atoms with Gasteiger partial charge in [0.05, 0.1) is 6.26 Å². The van der Waals surface area contributed by atoms with Crippen LogP contribution in [-0.4, -0.2) is 33.2 Å². The minimum Gasteiger partial charge on any atom is -0.475 e. The number of hydrogen-bond acceptors (Lipinski definition) is 5. The Morgan fingerprint density at radius 1 is 1.31 bits per heavy atom. The lowest BCUT2D eigenvalue weighted by Gasteiger charge is -1.98. The Balaban J connectivity index is 0.000000160. The van der Waals surface area contributed by atoms with Crippen molar-refractivity contribution >= 4 is 17.8 Å². The average Bonchev–Trinajstić information content (AvgIpc) is 2.86. The number of carboxylic acids is 1. The van der Waals surface area contributed by atoms with E-state index in [2.05, 4.69) is 4.42 Å². The monoisotopic (exact) mass is 227 g/mol. The molecule has 0 spiro atoms. The number of carbonyl (C=O) groups is 3. The Kier molecular flexibility index (Phi) is 3.78. The second-order valence-electron chi connectivity index (χ2n) is 2.88. The first-order chi connectivity index (χ1) is 7.52. The molecule has 2 amide bonds. The van der Waals surface area contributed by atoms with Crippen molar-refractivity contribution in [2.75, 3.05) is 0 Å². The van der Waals surface area contributed by atoms with Crippen molar-refractivity contribution in [1.82, 2.24) is 5.06 Å². The first-order valence-corrected chi connectivity index (χ1v) is 4.34. The van der Waals surface area contributed by atoms with Gasteiger partial charge < -0.3 is 9.52 Å². The highest BCUT2D eigenvalue weighted by Crippen LogP contribution is 2.07. The summed E-state index contributed by atoms with van der Waals surface area (Å²) in [5, 5.41) is 16.7. The maximum atomic E-state index is 10.2. The van der Waals surface area contributed by atoms with Gasteiger partial charge in [-0.1, -0.05) is 0 Å². The molecule has 0 unspecified atom stereocenters. The predicted octanol–water partition coefficient (Wildman–Crippen LogP) is 0.502. The van der Waals surface area contributed by atoms with Gasteiger partial charge in [-0.05, 0) is 12.1 Å². The first-order valence-electron chi connectivity index (χ1n) is 4.34. The van der Waals surface area contributed by atoms with Gasteiger partial charge in [0.2, 0.25) is 5.76 Å². The lowest BCUT2D eigenvalue weighted by Crippen LogP contribution is -2.24. The topological polar surface area (TPSA) is 108 Å². The molecule has 86 valence electrons. The van der Waals surface area contributed by atoms with Gasteiger partial charge in [-0.3, -0.25) is 14.8 Å². The molecule has 0 atom stereocenters. The van der Waals surface area contributed by atoms with Crippen molar-refractivity contribution < 1.29 is 29.1 Å². The Morgan fingerprint density at radius 2 is 1.88 bits per heavy atom. The van der Waals surface area contributed by atoms with Gasteiger partial charge in [0, 0.05) is 12.8 Å². The van der Waals surface area contributed by atoms with E-state index in [0.717, 1.165) is 0 Å². The molecule has 0 aromatic carbocycles. The Morgan fingerprint density at radius 3 is 2.06 bits per heavy atom. The summed E-state index contributed by atoms with van der Waals surface area (Å²) in [6.45, 7) is 0. The third-order valence-electron chi connectivity index (χ3n) is 1.76. The standard InChI is InChI=1S/C5H4O3.C4H5NO3/c6-5(7)4-2-1-3-8-4;6-3-1-2-4(7)5(3)8/h1-3H,(H,6,7);8H,1-2H2. The molecule has 0 bridgehead atoms. The second-order valence-corrected chi connectivity index (χ2v) is 2.88. The van der Waals surface area contributed by atoms with Crippen LogP contribution in [-0.2, 0) is 9.59 Å². The van der Waals surface area contributed by atoms with Crippen molar-refractivity contribution in [2.45, 2.75) is 12.8 Å². The number of aromatic carboxylic acids is 1.